The van der Waals surface area contributed by atoms with Gasteiger partial charge < -0.3 is 4.74 Å². The van der Waals surface area contributed by atoms with Crippen molar-refractivity contribution in [3.63, 3.8) is 0 Å². The lowest BCUT2D eigenvalue weighted by Crippen LogP contribution is -2.42. The molecule has 0 aromatic heterocycles. The van der Waals surface area contributed by atoms with Gasteiger partial charge in [0.2, 0.25) is 0 Å². The molecule has 0 amide bonds. The number of ether oxygens (including phenoxy) is 1. The minimum absolute atomic E-state index is 0.0203. The van der Waals surface area contributed by atoms with Gasteiger partial charge in [0.1, 0.15) is 6.10 Å². The molecule has 0 heterocycles. The number of rotatable bonds is 4. The van der Waals surface area contributed by atoms with E-state index in [1.807, 2.05) is 0 Å². The molecule has 24 heavy (non-hydrogen) atoms. The fourth-order valence-corrected chi connectivity index (χ4v) is 5.45. The summed E-state index contributed by atoms with van der Waals surface area (Å²) in [7, 11) is 0. The lowest BCUT2D eigenvalue weighted by Gasteiger charge is -2.48. The van der Waals surface area contributed by atoms with Crippen molar-refractivity contribution >= 4 is 0 Å². The van der Waals surface area contributed by atoms with Crippen LogP contribution in [0.15, 0.2) is 12.3 Å². The van der Waals surface area contributed by atoms with Crippen LogP contribution in [-0.2, 0) is 4.74 Å². The highest BCUT2D eigenvalue weighted by molar-refractivity contribution is 5.15. The van der Waals surface area contributed by atoms with Crippen LogP contribution in [0.4, 0.5) is 0 Å². The Morgan fingerprint density at radius 3 is 1.92 bits per heavy atom. The molecule has 140 valence electrons. The molecule has 0 spiro atoms. The van der Waals surface area contributed by atoms with Gasteiger partial charge in [-0.25, -0.2) is 0 Å². The lowest BCUT2D eigenvalue weighted by molar-refractivity contribution is -0.0593. The first kappa shape index (κ1) is 19.9. The first-order valence-electron chi connectivity index (χ1n) is 9.91. The SMILES string of the molecule is C=C(OC1CC2CCC1(C)C2(C)C)C(C)(CC(C)(C)C)C(C)(C)C. The fraction of sp³-hybridized carbons (Fsp3) is 0.913. The highest BCUT2D eigenvalue weighted by Crippen LogP contribution is 2.67. The van der Waals surface area contributed by atoms with Crippen LogP contribution in [0, 0.1) is 33.0 Å². The van der Waals surface area contributed by atoms with Crippen LogP contribution in [0.5, 0.6) is 0 Å². The van der Waals surface area contributed by atoms with E-state index in [-0.39, 0.29) is 16.2 Å². The Morgan fingerprint density at radius 1 is 1.04 bits per heavy atom. The molecule has 4 atom stereocenters. The predicted octanol–water partition coefficient (Wildman–Crippen LogP) is 7.22. The molecule has 2 saturated carbocycles. The van der Waals surface area contributed by atoms with Crippen LogP contribution in [0.2, 0.25) is 0 Å². The second-order valence-electron chi connectivity index (χ2n) is 12.0. The molecule has 1 nitrogen and oxygen atoms in total. The first-order chi connectivity index (χ1) is 10.5. The summed E-state index contributed by atoms with van der Waals surface area (Å²) in [5.41, 5.74) is 1.05. The Balaban J connectivity index is 2.24. The fourth-order valence-electron chi connectivity index (χ4n) is 5.45. The Kier molecular flexibility index (Phi) is 4.56. The van der Waals surface area contributed by atoms with Gasteiger partial charge >= 0.3 is 0 Å². The molecule has 0 saturated heterocycles. The van der Waals surface area contributed by atoms with Crippen LogP contribution in [0.1, 0.15) is 94.9 Å². The first-order valence-corrected chi connectivity index (χ1v) is 9.91. The van der Waals surface area contributed by atoms with Gasteiger partial charge in [0, 0.05) is 10.8 Å². The van der Waals surface area contributed by atoms with Crippen molar-refractivity contribution in [3.8, 4) is 0 Å². The van der Waals surface area contributed by atoms with E-state index >= 15 is 0 Å². The minimum atomic E-state index is -0.0203. The Morgan fingerprint density at radius 2 is 1.58 bits per heavy atom. The van der Waals surface area contributed by atoms with Gasteiger partial charge in [0.15, 0.2) is 0 Å². The topological polar surface area (TPSA) is 9.23 Å². The minimum Gasteiger partial charge on any atom is -0.494 e. The number of allylic oxidation sites excluding steroid dienone is 1. The maximum atomic E-state index is 6.73. The molecule has 0 aromatic carbocycles. The van der Waals surface area contributed by atoms with Crippen molar-refractivity contribution in [2.75, 3.05) is 0 Å². The third kappa shape index (κ3) is 2.95. The molecule has 2 aliphatic carbocycles. The van der Waals surface area contributed by atoms with Gasteiger partial charge in [-0.1, -0.05) is 75.8 Å². The van der Waals surface area contributed by atoms with Crippen LogP contribution < -0.4 is 0 Å². The zero-order valence-electron chi connectivity index (χ0n) is 18.1. The lowest BCUT2D eigenvalue weighted by atomic mass is 9.60. The highest BCUT2D eigenvalue weighted by atomic mass is 16.5. The summed E-state index contributed by atoms with van der Waals surface area (Å²) < 4.78 is 6.73. The van der Waals surface area contributed by atoms with E-state index in [1.165, 1.54) is 19.3 Å². The molecule has 4 unspecified atom stereocenters. The Bertz CT molecular complexity index is 501. The summed E-state index contributed by atoms with van der Waals surface area (Å²) in [6.07, 6.45) is 5.31. The smallest absolute Gasteiger partial charge is 0.104 e. The Hall–Kier alpha value is -0.460. The molecule has 0 N–H and O–H groups in total. The monoisotopic (exact) mass is 334 g/mol. The zero-order chi connectivity index (χ0) is 18.8. The van der Waals surface area contributed by atoms with Gasteiger partial charge in [-0.3, -0.25) is 0 Å². The van der Waals surface area contributed by atoms with Crippen molar-refractivity contribution in [1.29, 1.82) is 0 Å². The normalized spacial score (nSPS) is 34.9. The van der Waals surface area contributed by atoms with E-state index < -0.39 is 0 Å². The summed E-state index contributed by atoms with van der Waals surface area (Å²) >= 11 is 0. The zero-order valence-corrected chi connectivity index (χ0v) is 18.1. The molecule has 2 aliphatic rings. The largest absolute Gasteiger partial charge is 0.494 e. The second-order valence-corrected chi connectivity index (χ2v) is 12.0. The molecule has 2 rings (SSSR count). The predicted molar refractivity (Wildman–Crippen MR) is 105 cm³/mol. The standard InChI is InChI=1S/C23H42O/c1-16(23(11,20(5,6)7)15-19(2,3)4)24-18-14-17-12-13-22(18,10)21(17,8)9/h17-18H,1,12-15H2,2-11H3. The number of fused-ring (bicyclic) bond motifs is 2. The van der Waals surface area contributed by atoms with E-state index in [0.29, 0.717) is 16.9 Å². The average molecular weight is 335 g/mol. The van der Waals surface area contributed by atoms with Crippen molar-refractivity contribution < 1.29 is 4.74 Å². The summed E-state index contributed by atoms with van der Waals surface area (Å²) in [4.78, 5) is 0. The maximum absolute atomic E-state index is 6.73. The van der Waals surface area contributed by atoms with Crippen LogP contribution in [-0.4, -0.2) is 6.10 Å². The third-order valence-electron chi connectivity index (χ3n) is 8.15. The average Bonchev–Trinajstić information content (AvgIpc) is 2.68. The van der Waals surface area contributed by atoms with E-state index in [9.17, 15) is 0 Å². The van der Waals surface area contributed by atoms with Crippen LogP contribution >= 0.6 is 0 Å². The van der Waals surface area contributed by atoms with E-state index in [0.717, 1.165) is 18.1 Å². The van der Waals surface area contributed by atoms with E-state index in [4.69, 9.17) is 4.74 Å². The summed E-state index contributed by atoms with van der Waals surface area (Å²) in [6, 6.07) is 0. The van der Waals surface area contributed by atoms with Crippen LogP contribution in [0.3, 0.4) is 0 Å². The maximum Gasteiger partial charge on any atom is 0.104 e. The summed E-state index contributed by atoms with van der Waals surface area (Å²) in [5.74, 6) is 1.82. The summed E-state index contributed by atoms with van der Waals surface area (Å²) in [5, 5.41) is 0. The van der Waals surface area contributed by atoms with Crippen molar-refractivity contribution in [2.24, 2.45) is 33.0 Å². The van der Waals surface area contributed by atoms with Crippen LogP contribution in [0.25, 0.3) is 0 Å². The Labute approximate surface area is 151 Å². The van der Waals surface area contributed by atoms with Gasteiger partial charge in [0.25, 0.3) is 0 Å². The second kappa shape index (κ2) is 5.52. The number of hydrogen-bond donors (Lipinski definition) is 0. The molecular formula is C23H42O. The molecule has 0 radical (unpaired) electrons. The van der Waals surface area contributed by atoms with Gasteiger partial charge in [0.05, 0.1) is 5.76 Å². The molecular weight excluding hydrogens is 292 g/mol. The van der Waals surface area contributed by atoms with Gasteiger partial charge in [-0.2, -0.15) is 0 Å². The van der Waals surface area contributed by atoms with E-state index in [2.05, 4.69) is 75.8 Å². The molecule has 0 aliphatic heterocycles. The molecule has 2 bridgehead atoms. The molecule has 0 aromatic rings. The third-order valence-corrected chi connectivity index (χ3v) is 8.15. The molecule has 2 fully saturated rings. The molecule has 1 heteroatoms. The van der Waals surface area contributed by atoms with E-state index in [1.54, 1.807) is 0 Å². The number of hydrogen-bond acceptors (Lipinski definition) is 1. The van der Waals surface area contributed by atoms with Gasteiger partial charge in [-0.05, 0) is 47.8 Å². The van der Waals surface area contributed by atoms with Gasteiger partial charge in [-0.15, -0.1) is 0 Å². The van der Waals surface area contributed by atoms with Crippen molar-refractivity contribution in [3.05, 3.63) is 12.3 Å². The highest BCUT2D eigenvalue weighted by Gasteiger charge is 2.63. The quantitative estimate of drug-likeness (QED) is 0.493. The van der Waals surface area contributed by atoms with Crippen molar-refractivity contribution in [1.82, 2.24) is 0 Å². The van der Waals surface area contributed by atoms with Crippen molar-refractivity contribution in [2.45, 2.75) is 101 Å². The summed E-state index contributed by atoms with van der Waals surface area (Å²) in [6.45, 7) is 28.2.